The van der Waals surface area contributed by atoms with Gasteiger partial charge in [0.05, 0.1) is 4.47 Å². The molecule has 1 nitrogen and oxygen atoms in total. The molecule has 1 unspecified atom stereocenters. The van der Waals surface area contributed by atoms with Crippen LogP contribution in [0.25, 0.3) is 0 Å². The Balaban J connectivity index is 2.87. The number of halogens is 2. The Morgan fingerprint density at radius 1 is 1.53 bits per heavy atom. The minimum absolute atomic E-state index is 0.107. The number of rotatable bonds is 6. The second-order valence-corrected chi connectivity index (χ2v) is 4.69. The summed E-state index contributed by atoms with van der Waals surface area (Å²) in [6.07, 6.45) is 7.83. The fraction of sp³-hybridized carbons (Fsp3) is 0.429. The SMILES string of the molecule is C#CCCC(NCCC)c1cccc(F)c1Br. The topological polar surface area (TPSA) is 12.0 Å². The van der Waals surface area contributed by atoms with E-state index in [1.54, 1.807) is 6.07 Å². The van der Waals surface area contributed by atoms with Crippen molar-refractivity contribution in [1.82, 2.24) is 5.32 Å². The van der Waals surface area contributed by atoms with E-state index in [0.717, 1.165) is 24.9 Å². The van der Waals surface area contributed by atoms with Gasteiger partial charge in [0.25, 0.3) is 0 Å². The Bertz CT molecular complexity index is 398. The van der Waals surface area contributed by atoms with Crippen molar-refractivity contribution in [2.45, 2.75) is 32.2 Å². The van der Waals surface area contributed by atoms with Gasteiger partial charge in [-0.25, -0.2) is 4.39 Å². The molecule has 0 heterocycles. The first-order chi connectivity index (χ1) is 8.20. The molecule has 0 radical (unpaired) electrons. The molecule has 0 aliphatic heterocycles. The van der Waals surface area contributed by atoms with Crippen LogP contribution in [0.15, 0.2) is 22.7 Å². The number of hydrogen-bond acceptors (Lipinski definition) is 1. The molecule has 0 amide bonds. The Kier molecular flexibility index (Phi) is 6.25. The van der Waals surface area contributed by atoms with Gasteiger partial charge in [-0.3, -0.25) is 0 Å². The fourth-order valence-electron chi connectivity index (χ4n) is 1.70. The first-order valence-corrected chi connectivity index (χ1v) is 6.60. The van der Waals surface area contributed by atoms with Gasteiger partial charge in [0.2, 0.25) is 0 Å². The summed E-state index contributed by atoms with van der Waals surface area (Å²) in [4.78, 5) is 0. The highest BCUT2D eigenvalue weighted by Gasteiger charge is 2.15. The standard InChI is InChI=1S/C14H17BrFN/c1-3-5-9-13(17-10-4-2)11-7-6-8-12(16)14(11)15/h1,6-8,13,17H,4-5,9-10H2,2H3. The predicted molar refractivity (Wildman–Crippen MR) is 73.2 cm³/mol. The molecule has 0 aromatic heterocycles. The van der Waals surface area contributed by atoms with Gasteiger partial charge in [-0.1, -0.05) is 19.1 Å². The monoisotopic (exact) mass is 297 g/mol. The molecule has 0 fully saturated rings. The van der Waals surface area contributed by atoms with Crippen molar-refractivity contribution in [1.29, 1.82) is 0 Å². The lowest BCUT2D eigenvalue weighted by Crippen LogP contribution is -2.22. The lowest BCUT2D eigenvalue weighted by molar-refractivity contribution is 0.499. The fourth-order valence-corrected chi connectivity index (χ4v) is 2.24. The molecule has 0 aliphatic rings. The van der Waals surface area contributed by atoms with Crippen molar-refractivity contribution in [3.63, 3.8) is 0 Å². The zero-order valence-electron chi connectivity index (χ0n) is 9.97. The molecule has 1 N–H and O–H groups in total. The Morgan fingerprint density at radius 2 is 2.29 bits per heavy atom. The van der Waals surface area contributed by atoms with E-state index in [0.29, 0.717) is 10.9 Å². The summed E-state index contributed by atoms with van der Waals surface area (Å²) in [6, 6.07) is 5.21. The minimum atomic E-state index is -0.230. The largest absolute Gasteiger partial charge is 0.310 e. The normalized spacial score (nSPS) is 12.1. The van der Waals surface area contributed by atoms with Crippen LogP contribution in [-0.4, -0.2) is 6.54 Å². The zero-order valence-corrected chi connectivity index (χ0v) is 11.6. The molecule has 1 rings (SSSR count). The molecule has 0 bridgehead atoms. The summed E-state index contributed by atoms with van der Waals surface area (Å²) in [5.41, 5.74) is 0.939. The number of nitrogens with one attached hydrogen (secondary N) is 1. The van der Waals surface area contributed by atoms with E-state index in [1.807, 2.05) is 6.07 Å². The van der Waals surface area contributed by atoms with Gasteiger partial charge in [-0.2, -0.15) is 0 Å². The van der Waals surface area contributed by atoms with Crippen molar-refractivity contribution in [2.75, 3.05) is 6.54 Å². The summed E-state index contributed by atoms with van der Waals surface area (Å²) >= 11 is 3.30. The van der Waals surface area contributed by atoms with Crippen molar-refractivity contribution in [2.24, 2.45) is 0 Å². The molecular formula is C14H17BrFN. The van der Waals surface area contributed by atoms with E-state index in [2.05, 4.69) is 34.1 Å². The zero-order chi connectivity index (χ0) is 12.7. The smallest absolute Gasteiger partial charge is 0.137 e. The maximum atomic E-state index is 13.5. The first kappa shape index (κ1) is 14.2. The summed E-state index contributed by atoms with van der Waals surface area (Å²) in [5, 5.41) is 3.40. The van der Waals surface area contributed by atoms with Crippen LogP contribution in [0.4, 0.5) is 4.39 Å². The van der Waals surface area contributed by atoms with Crippen molar-refractivity contribution in [3.05, 3.63) is 34.1 Å². The third-order valence-electron chi connectivity index (χ3n) is 2.57. The van der Waals surface area contributed by atoms with E-state index in [9.17, 15) is 4.39 Å². The highest BCUT2D eigenvalue weighted by molar-refractivity contribution is 9.10. The number of terminal acetylenes is 1. The van der Waals surface area contributed by atoms with Gasteiger partial charge in [-0.05, 0) is 46.9 Å². The molecule has 3 heteroatoms. The van der Waals surface area contributed by atoms with Crippen molar-refractivity contribution < 1.29 is 4.39 Å². The third-order valence-corrected chi connectivity index (χ3v) is 3.41. The first-order valence-electron chi connectivity index (χ1n) is 5.81. The number of hydrogen-bond donors (Lipinski definition) is 1. The highest BCUT2D eigenvalue weighted by atomic mass is 79.9. The van der Waals surface area contributed by atoms with Crippen LogP contribution in [0.5, 0.6) is 0 Å². The van der Waals surface area contributed by atoms with E-state index in [1.165, 1.54) is 6.07 Å². The van der Waals surface area contributed by atoms with Gasteiger partial charge in [-0.15, -0.1) is 12.3 Å². The second-order valence-electron chi connectivity index (χ2n) is 3.89. The Morgan fingerprint density at radius 3 is 2.94 bits per heavy atom. The molecule has 17 heavy (non-hydrogen) atoms. The van der Waals surface area contributed by atoms with Gasteiger partial charge in [0, 0.05) is 12.5 Å². The summed E-state index contributed by atoms with van der Waals surface area (Å²) in [5.74, 6) is 2.40. The van der Waals surface area contributed by atoms with Crippen molar-refractivity contribution >= 4 is 15.9 Å². The van der Waals surface area contributed by atoms with E-state index < -0.39 is 0 Å². The summed E-state index contributed by atoms with van der Waals surface area (Å²) in [6.45, 7) is 3.00. The van der Waals surface area contributed by atoms with E-state index in [-0.39, 0.29) is 11.9 Å². The van der Waals surface area contributed by atoms with Crippen LogP contribution in [-0.2, 0) is 0 Å². The third kappa shape index (κ3) is 4.14. The molecule has 1 atom stereocenters. The maximum absolute atomic E-state index is 13.5. The Hall–Kier alpha value is -0.850. The molecule has 0 aliphatic carbocycles. The maximum Gasteiger partial charge on any atom is 0.137 e. The average Bonchev–Trinajstić information content (AvgIpc) is 2.34. The average molecular weight is 298 g/mol. The van der Waals surface area contributed by atoms with E-state index >= 15 is 0 Å². The predicted octanol–water partition coefficient (Wildman–Crippen LogP) is 4.04. The van der Waals surface area contributed by atoms with Crippen LogP contribution < -0.4 is 5.32 Å². The molecule has 0 spiro atoms. The second kappa shape index (κ2) is 7.47. The highest BCUT2D eigenvalue weighted by Crippen LogP contribution is 2.28. The lowest BCUT2D eigenvalue weighted by Gasteiger charge is -2.19. The summed E-state index contributed by atoms with van der Waals surface area (Å²) < 4.78 is 14.0. The van der Waals surface area contributed by atoms with Crippen LogP contribution >= 0.6 is 15.9 Å². The van der Waals surface area contributed by atoms with Crippen molar-refractivity contribution in [3.8, 4) is 12.3 Å². The Labute approximate surface area is 111 Å². The van der Waals surface area contributed by atoms with E-state index in [4.69, 9.17) is 6.42 Å². The molecule has 1 aromatic rings. The summed E-state index contributed by atoms with van der Waals surface area (Å²) in [7, 11) is 0. The number of benzene rings is 1. The molecular weight excluding hydrogens is 281 g/mol. The van der Waals surface area contributed by atoms with Crippen LogP contribution in [0.3, 0.4) is 0 Å². The van der Waals surface area contributed by atoms with Gasteiger partial charge < -0.3 is 5.32 Å². The van der Waals surface area contributed by atoms with Crippen LogP contribution in [0, 0.1) is 18.2 Å². The lowest BCUT2D eigenvalue weighted by atomic mass is 10.0. The van der Waals surface area contributed by atoms with Crippen LogP contribution in [0.1, 0.15) is 37.8 Å². The quantitative estimate of drug-likeness (QED) is 0.782. The minimum Gasteiger partial charge on any atom is -0.310 e. The molecule has 92 valence electrons. The van der Waals surface area contributed by atoms with Gasteiger partial charge in [0.1, 0.15) is 5.82 Å². The van der Waals surface area contributed by atoms with Crippen LogP contribution in [0.2, 0.25) is 0 Å². The van der Waals surface area contributed by atoms with Gasteiger partial charge in [0.15, 0.2) is 0 Å². The molecule has 0 saturated heterocycles. The molecule has 0 saturated carbocycles. The van der Waals surface area contributed by atoms with Gasteiger partial charge >= 0.3 is 0 Å². The molecule has 1 aromatic carbocycles.